The summed E-state index contributed by atoms with van der Waals surface area (Å²) >= 11 is 5.94. The minimum Gasteiger partial charge on any atom is -0.487 e. The molecular weight excluding hydrogens is 302 g/mol. The second-order valence-corrected chi connectivity index (χ2v) is 7.17. The molecule has 120 valence electrons. The van der Waals surface area contributed by atoms with Crippen LogP contribution in [0.4, 0.5) is 0 Å². The Balaban J connectivity index is 1.49. The average molecular weight is 324 g/mol. The number of rotatable bonds is 3. The molecule has 4 nitrogen and oxygen atoms in total. The SMILES string of the molecule is CC1(C)CC(C(=O)N2CC(Oc3cccc(Cl)c3)C2)CCO1. The van der Waals surface area contributed by atoms with E-state index in [0.717, 1.165) is 18.6 Å². The molecule has 0 radical (unpaired) electrons. The zero-order valence-electron chi connectivity index (χ0n) is 13.0. The number of hydrogen-bond acceptors (Lipinski definition) is 3. The van der Waals surface area contributed by atoms with E-state index in [4.69, 9.17) is 21.1 Å². The van der Waals surface area contributed by atoms with Crippen molar-refractivity contribution in [2.45, 2.75) is 38.4 Å². The first kappa shape index (κ1) is 15.6. The third-order valence-electron chi connectivity index (χ3n) is 4.30. The molecule has 1 aromatic rings. The fraction of sp³-hybridized carbons (Fsp3) is 0.588. The number of carbonyl (C=O) groups is 1. The van der Waals surface area contributed by atoms with Crippen LogP contribution in [0, 0.1) is 5.92 Å². The lowest BCUT2D eigenvalue weighted by Gasteiger charge is -2.43. The lowest BCUT2D eigenvalue weighted by Crippen LogP contribution is -2.58. The normalized spacial score (nSPS) is 24.7. The van der Waals surface area contributed by atoms with Crippen LogP contribution in [0.25, 0.3) is 0 Å². The van der Waals surface area contributed by atoms with Crippen molar-refractivity contribution in [2.24, 2.45) is 5.92 Å². The number of carbonyl (C=O) groups excluding carboxylic acids is 1. The van der Waals surface area contributed by atoms with Crippen molar-refractivity contribution in [3.05, 3.63) is 29.3 Å². The lowest BCUT2D eigenvalue weighted by molar-refractivity contribution is -0.153. The summed E-state index contributed by atoms with van der Waals surface area (Å²) in [4.78, 5) is 14.4. The molecule has 1 unspecified atom stereocenters. The fourth-order valence-corrected chi connectivity index (χ4v) is 3.31. The summed E-state index contributed by atoms with van der Waals surface area (Å²) in [5.41, 5.74) is -0.194. The minimum atomic E-state index is -0.194. The Morgan fingerprint density at radius 1 is 1.41 bits per heavy atom. The molecule has 2 fully saturated rings. The summed E-state index contributed by atoms with van der Waals surface area (Å²) in [5.74, 6) is 1.08. The Labute approximate surface area is 136 Å². The van der Waals surface area contributed by atoms with E-state index in [1.807, 2.05) is 36.9 Å². The number of benzene rings is 1. The van der Waals surface area contributed by atoms with Crippen LogP contribution in [0.3, 0.4) is 0 Å². The van der Waals surface area contributed by atoms with Gasteiger partial charge in [0.2, 0.25) is 5.91 Å². The van der Waals surface area contributed by atoms with Crippen LogP contribution >= 0.6 is 11.6 Å². The Morgan fingerprint density at radius 2 is 2.18 bits per heavy atom. The first-order valence-corrected chi connectivity index (χ1v) is 8.16. The summed E-state index contributed by atoms with van der Waals surface area (Å²) in [6.07, 6.45) is 1.68. The van der Waals surface area contributed by atoms with Gasteiger partial charge in [-0.3, -0.25) is 4.79 Å². The summed E-state index contributed by atoms with van der Waals surface area (Å²) in [6, 6.07) is 7.37. The molecule has 0 N–H and O–H groups in total. The van der Waals surface area contributed by atoms with Crippen LogP contribution in [0.15, 0.2) is 24.3 Å². The van der Waals surface area contributed by atoms with Crippen LogP contribution in [0.2, 0.25) is 5.02 Å². The Hall–Kier alpha value is -1.26. The van der Waals surface area contributed by atoms with Crippen molar-refractivity contribution in [3.63, 3.8) is 0 Å². The van der Waals surface area contributed by atoms with E-state index in [1.165, 1.54) is 0 Å². The number of ether oxygens (including phenoxy) is 2. The molecular formula is C17H22ClNO3. The number of hydrogen-bond donors (Lipinski definition) is 0. The Bertz CT molecular complexity index is 555. The van der Waals surface area contributed by atoms with Crippen molar-refractivity contribution < 1.29 is 14.3 Å². The van der Waals surface area contributed by atoms with Gasteiger partial charge >= 0.3 is 0 Å². The van der Waals surface area contributed by atoms with Crippen molar-refractivity contribution >= 4 is 17.5 Å². The average Bonchev–Trinajstić information content (AvgIpc) is 2.40. The first-order valence-electron chi connectivity index (χ1n) is 7.78. The van der Waals surface area contributed by atoms with E-state index in [9.17, 15) is 4.79 Å². The summed E-state index contributed by atoms with van der Waals surface area (Å²) in [6.45, 7) is 6.08. The monoisotopic (exact) mass is 323 g/mol. The van der Waals surface area contributed by atoms with Gasteiger partial charge in [-0.25, -0.2) is 0 Å². The maximum Gasteiger partial charge on any atom is 0.226 e. The number of halogens is 1. The van der Waals surface area contributed by atoms with E-state index in [-0.39, 0.29) is 23.5 Å². The second kappa shape index (κ2) is 6.09. The molecule has 2 saturated heterocycles. The fourth-order valence-electron chi connectivity index (χ4n) is 3.13. The molecule has 5 heteroatoms. The molecule has 3 rings (SSSR count). The summed E-state index contributed by atoms with van der Waals surface area (Å²) in [7, 11) is 0. The third kappa shape index (κ3) is 3.55. The zero-order valence-corrected chi connectivity index (χ0v) is 13.8. The van der Waals surface area contributed by atoms with Gasteiger partial charge in [0, 0.05) is 17.5 Å². The molecule has 0 aliphatic carbocycles. The van der Waals surface area contributed by atoms with Crippen LogP contribution in [-0.4, -0.2) is 42.2 Å². The highest BCUT2D eigenvalue weighted by atomic mass is 35.5. The largest absolute Gasteiger partial charge is 0.487 e. The van der Waals surface area contributed by atoms with Crippen molar-refractivity contribution in [1.82, 2.24) is 4.90 Å². The van der Waals surface area contributed by atoms with Gasteiger partial charge < -0.3 is 14.4 Å². The van der Waals surface area contributed by atoms with E-state index >= 15 is 0 Å². The molecule has 0 bridgehead atoms. The predicted molar refractivity (Wildman–Crippen MR) is 85.2 cm³/mol. The van der Waals surface area contributed by atoms with Crippen LogP contribution in [0.5, 0.6) is 5.75 Å². The number of likely N-dealkylation sites (tertiary alicyclic amines) is 1. The highest BCUT2D eigenvalue weighted by molar-refractivity contribution is 6.30. The smallest absolute Gasteiger partial charge is 0.226 e. The molecule has 1 amide bonds. The van der Waals surface area contributed by atoms with E-state index in [1.54, 1.807) is 6.07 Å². The highest BCUT2D eigenvalue weighted by Gasteiger charge is 2.39. The zero-order chi connectivity index (χ0) is 15.7. The molecule has 1 aromatic carbocycles. The van der Waals surface area contributed by atoms with E-state index in [0.29, 0.717) is 24.7 Å². The molecule has 2 aliphatic heterocycles. The molecule has 0 saturated carbocycles. The minimum absolute atomic E-state index is 0.0651. The van der Waals surface area contributed by atoms with Gasteiger partial charge in [0.1, 0.15) is 11.9 Å². The second-order valence-electron chi connectivity index (χ2n) is 6.74. The summed E-state index contributed by atoms with van der Waals surface area (Å²) in [5, 5.41) is 0.661. The standard InChI is InChI=1S/C17H22ClNO3/c1-17(2)9-12(6-7-21-17)16(20)19-10-15(11-19)22-14-5-3-4-13(18)8-14/h3-5,8,12,15H,6-7,9-11H2,1-2H3. The van der Waals surface area contributed by atoms with Gasteiger partial charge in [-0.05, 0) is 44.9 Å². The van der Waals surface area contributed by atoms with Gasteiger partial charge in [0.05, 0.1) is 18.7 Å². The first-order chi connectivity index (χ1) is 10.4. The molecule has 2 aliphatic rings. The van der Waals surface area contributed by atoms with Crippen molar-refractivity contribution in [3.8, 4) is 5.75 Å². The summed E-state index contributed by atoms with van der Waals surface area (Å²) < 4.78 is 11.5. The van der Waals surface area contributed by atoms with Crippen molar-refractivity contribution in [2.75, 3.05) is 19.7 Å². The molecule has 0 spiro atoms. The highest BCUT2D eigenvalue weighted by Crippen LogP contribution is 2.31. The van der Waals surface area contributed by atoms with Gasteiger partial charge in [0.25, 0.3) is 0 Å². The maximum atomic E-state index is 12.5. The van der Waals surface area contributed by atoms with E-state index in [2.05, 4.69) is 0 Å². The number of amides is 1. The van der Waals surface area contributed by atoms with Crippen molar-refractivity contribution in [1.29, 1.82) is 0 Å². The van der Waals surface area contributed by atoms with Crippen LogP contribution in [-0.2, 0) is 9.53 Å². The van der Waals surface area contributed by atoms with Gasteiger partial charge in [-0.1, -0.05) is 17.7 Å². The van der Waals surface area contributed by atoms with Gasteiger partial charge in [-0.2, -0.15) is 0 Å². The van der Waals surface area contributed by atoms with Gasteiger partial charge in [-0.15, -0.1) is 0 Å². The van der Waals surface area contributed by atoms with Crippen LogP contribution < -0.4 is 4.74 Å². The lowest BCUT2D eigenvalue weighted by atomic mass is 9.86. The quantitative estimate of drug-likeness (QED) is 0.858. The Kier molecular flexibility index (Phi) is 4.33. The predicted octanol–water partition coefficient (Wildman–Crippen LogP) is 3.13. The topological polar surface area (TPSA) is 38.8 Å². The third-order valence-corrected chi connectivity index (χ3v) is 4.54. The van der Waals surface area contributed by atoms with Crippen LogP contribution in [0.1, 0.15) is 26.7 Å². The van der Waals surface area contributed by atoms with E-state index < -0.39 is 0 Å². The molecule has 22 heavy (non-hydrogen) atoms. The molecule has 1 atom stereocenters. The van der Waals surface area contributed by atoms with Gasteiger partial charge in [0.15, 0.2) is 0 Å². The molecule has 0 aromatic heterocycles. The molecule has 2 heterocycles. The Morgan fingerprint density at radius 3 is 2.86 bits per heavy atom. The maximum absolute atomic E-state index is 12.5. The number of nitrogens with zero attached hydrogens (tertiary/aromatic N) is 1.